The fourth-order valence-electron chi connectivity index (χ4n) is 2.18. The van der Waals surface area contributed by atoms with Crippen molar-refractivity contribution < 1.29 is 9.53 Å². The standard InChI is InChI=1S/C14H20N2O2.ClH/c1-11-8-13(9-15-11)16(2)14(17)18-10-12-6-4-3-5-7-12;/h3-7,11,13,15H,8-10H2,1-2H3;1H/t11-,13?;/m1./s1. The Morgan fingerprint density at radius 2 is 2.11 bits per heavy atom. The Balaban J connectivity index is 0.00000180. The molecule has 5 heteroatoms. The molecule has 4 nitrogen and oxygen atoms in total. The second-order valence-corrected chi connectivity index (χ2v) is 4.85. The Morgan fingerprint density at radius 3 is 2.68 bits per heavy atom. The van der Waals surface area contributed by atoms with Crippen molar-refractivity contribution in [1.29, 1.82) is 0 Å². The molecule has 1 aromatic carbocycles. The molecule has 1 N–H and O–H groups in total. The van der Waals surface area contributed by atoms with E-state index in [0.717, 1.165) is 18.5 Å². The average molecular weight is 285 g/mol. The van der Waals surface area contributed by atoms with Gasteiger partial charge in [-0.2, -0.15) is 0 Å². The summed E-state index contributed by atoms with van der Waals surface area (Å²) in [5, 5.41) is 3.33. The van der Waals surface area contributed by atoms with Gasteiger partial charge in [0.25, 0.3) is 0 Å². The molecule has 1 saturated heterocycles. The third kappa shape index (κ3) is 4.40. The van der Waals surface area contributed by atoms with Gasteiger partial charge >= 0.3 is 6.09 Å². The van der Waals surface area contributed by atoms with Gasteiger partial charge in [-0.1, -0.05) is 30.3 Å². The van der Waals surface area contributed by atoms with Crippen LogP contribution in [-0.4, -0.2) is 36.7 Å². The molecule has 1 aromatic rings. The van der Waals surface area contributed by atoms with Gasteiger partial charge in [0.05, 0.1) is 0 Å². The molecular weight excluding hydrogens is 264 g/mol. The van der Waals surface area contributed by atoms with E-state index in [-0.39, 0.29) is 24.5 Å². The molecule has 2 atom stereocenters. The molecule has 0 spiro atoms. The lowest BCUT2D eigenvalue weighted by Crippen LogP contribution is -2.38. The number of amides is 1. The highest BCUT2D eigenvalue weighted by Crippen LogP contribution is 2.13. The van der Waals surface area contributed by atoms with E-state index >= 15 is 0 Å². The van der Waals surface area contributed by atoms with E-state index in [4.69, 9.17) is 4.74 Å². The van der Waals surface area contributed by atoms with E-state index in [0.29, 0.717) is 12.6 Å². The van der Waals surface area contributed by atoms with Gasteiger partial charge in [0.2, 0.25) is 0 Å². The number of halogens is 1. The van der Waals surface area contributed by atoms with Crippen molar-refractivity contribution in [3.8, 4) is 0 Å². The van der Waals surface area contributed by atoms with Crippen LogP contribution in [0.3, 0.4) is 0 Å². The summed E-state index contributed by atoms with van der Waals surface area (Å²) >= 11 is 0. The van der Waals surface area contributed by atoms with E-state index in [1.54, 1.807) is 11.9 Å². The molecule has 0 aliphatic carbocycles. The smallest absolute Gasteiger partial charge is 0.410 e. The zero-order chi connectivity index (χ0) is 13.0. The molecular formula is C14H21ClN2O2. The fourth-order valence-corrected chi connectivity index (χ4v) is 2.18. The molecule has 1 fully saturated rings. The Bertz CT molecular complexity index is 400. The summed E-state index contributed by atoms with van der Waals surface area (Å²) in [5.41, 5.74) is 1.01. The van der Waals surface area contributed by atoms with Gasteiger partial charge in [-0.15, -0.1) is 12.4 Å². The molecule has 1 unspecified atom stereocenters. The fraction of sp³-hybridized carbons (Fsp3) is 0.500. The summed E-state index contributed by atoms with van der Waals surface area (Å²) in [6.45, 7) is 3.31. The number of ether oxygens (including phenoxy) is 1. The van der Waals surface area contributed by atoms with Crippen LogP contribution in [0.2, 0.25) is 0 Å². The number of benzene rings is 1. The molecule has 19 heavy (non-hydrogen) atoms. The highest BCUT2D eigenvalue weighted by Gasteiger charge is 2.27. The van der Waals surface area contributed by atoms with Gasteiger partial charge in [0, 0.05) is 25.7 Å². The maximum absolute atomic E-state index is 11.9. The first-order chi connectivity index (χ1) is 8.66. The molecule has 1 aliphatic rings. The average Bonchev–Trinajstić information content (AvgIpc) is 2.83. The van der Waals surface area contributed by atoms with Crippen LogP contribution in [0, 0.1) is 0 Å². The molecule has 2 rings (SSSR count). The normalized spacial score (nSPS) is 21.6. The minimum Gasteiger partial charge on any atom is -0.445 e. The quantitative estimate of drug-likeness (QED) is 0.927. The molecule has 1 amide bonds. The van der Waals surface area contributed by atoms with Crippen molar-refractivity contribution in [1.82, 2.24) is 10.2 Å². The van der Waals surface area contributed by atoms with Crippen LogP contribution in [0.4, 0.5) is 4.79 Å². The van der Waals surface area contributed by atoms with E-state index in [1.165, 1.54) is 0 Å². The highest BCUT2D eigenvalue weighted by molar-refractivity contribution is 5.85. The van der Waals surface area contributed by atoms with Gasteiger partial charge in [0.1, 0.15) is 6.61 Å². The van der Waals surface area contributed by atoms with Crippen molar-refractivity contribution in [2.45, 2.75) is 32.0 Å². The number of rotatable bonds is 3. The molecule has 0 bridgehead atoms. The van der Waals surface area contributed by atoms with Gasteiger partial charge in [-0.3, -0.25) is 0 Å². The second-order valence-electron chi connectivity index (χ2n) is 4.85. The number of likely N-dealkylation sites (N-methyl/N-ethyl adjacent to an activating group) is 1. The Morgan fingerprint density at radius 1 is 1.42 bits per heavy atom. The van der Waals surface area contributed by atoms with Crippen LogP contribution in [-0.2, 0) is 11.3 Å². The predicted octanol–water partition coefficient (Wildman–Crippen LogP) is 2.43. The molecule has 0 radical (unpaired) electrons. The molecule has 1 aliphatic heterocycles. The Hall–Kier alpha value is -1.26. The van der Waals surface area contributed by atoms with Crippen molar-refractivity contribution in [2.75, 3.05) is 13.6 Å². The van der Waals surface area contributed by atoms with E-state index in [1.807, 2.05) is 30.3 Å². The highest BCUT2D eigenvalue weighted by atomic mass is 35.5. The first-order valence-corrected chi connectivity index (χ1v) is 6.33. The zero-order valence-electron chi connectivity index (χ0n) is 11.3. The number of hydrogen-bond acceptors (Lipinski definition) is 3. The van der Waals surface area contributed by atoms with Crippen LogP contribution in [0.25, 0.3) is 0 Å². The number of nitrogens with zero attached hydrogens (tertiary/aromatic N) is 1. The monoisotopic (exact) mass is 284 g/mol. The van der Waals surface area contributed by atoms with Gasteiger partial charge in [0.15, 0.2) is 0 Å². The van der Waals surface area contributed by atoms with Crippen molar-refractivity contribution in [2.24, 2.45) is 0 Å². The summed E-state index contributed by atoms with van der Waals surface area (Å²) in [6.07, 6.45) is 0.733. The van der Waals surface area contributed by atoms with Crippen molar-refractivity contribution in [3.63, 3.8) is 0 Å². The minimum absolute atomic E-state index is 0. The molecule has 1 heterocycles. The summed E-state index contributed by atoms with van der Waals surface area (Å²) in [4.78, 5) is 13.6. The Kier molecular flexibility index (Phi) is 6.12. The summed E-state index contributed by atoms with van der Waals surface area (Å²) < 4.78 is 5.30. The first-order valence-electron chi connectivity index (χ1n) is 6.33. The third-order valence-corrected chi connectivity index (χ3v) is 3.37. The first kappa shape index (κ1) is 15.8. The maximum atomic E-state index is 11.9. The predicted molar refractivity (Wildman–Crippen MR) is 77.5 cm³/mol. The topological polar surface area (TPSA) is 41.6 Å². The third-order valence-electron chi connectivity index (χ3n) is 3.37. The van der Waals surface area contributed by atoms with Crippen molar-refractivity contribution >= 4 is 18.5 Å². The van der Waals surface area contributed by atoms with Gasteiger partial charge < -0.3 is 15.0 Å². The number of hydrogen-bond donors (Lipinski definition) is 1. The molecule has 106 valence electrons. The lowest BCUT2D eigenvalue weighted by Gasteiger charge is -2.23. The Labute approximate surface area is 120 Å². The SMILES string of the molecule is C[C@@H]1CC(N(C)C(=O)OCc2ccccc2)CN1.Cl. The summed E-state index contributed by atoms with van der Waals surface area (Å²) in [5.74, 6) is 0. The van der Waals surface area contributed by atoms with Crippen molar-refractivity contribution in [3.05, 3.63) is 35.9 Å². The van der Waals surface area contributed by atoms with Crippen LogP contribution >= 0.6 is 12.4 Å². The minimum atomic E-state index is -0.250. The number of carbonyl (C=O) groups is 1. The van der Waals surface area contributed by atoms with E-state index in [9.17, 15) is 4.79 Å². The lowest BCUT2D eigenvalue weighted by atomic mass is 10.2. The van der Waals surface area contributed by atoms with E-state index < -0.39 is 0 Å². The number of nitrogens with one attached hydrogen (secondary N) is 1. The largest absolute Gasteiger partial charge is 0.445 e. The van der Waals surface area contributed by atoms with Crippen LogP contribution in [0.5, 0.6) is 0 Å². The van der Waals surface area contributed by atoms with Crippen LogP contribution < -0.4 is 5.32 Å². The maximum Gasteiger partial charge on any atom is 0.410 e. The zero-order valence-corrected chi connectivity index (χ0v) is 12.2. The summed E-state index contributed by atoms with van der Waals surface area (Å²) in [7, 11) is 1.80. The van der Waals surface area contributed by atoms with Crippen LogP contribution in [0.15, 0.2) is 30.3 Å². The molecule has 0 aromatic heterocycles. The molecule has 0 saturated carbocycles. The summed E-state index contributed by atoms with van der Waals surface area (Å²) in [6, 6.07) is 10.4. The lowest BCUT2D eigenvalue weighted by molar-refractivity contribution is 0.0933. The second kappa shape index (κ2) is 7.36. The van der Waals surface area contributed by atoms with E-state index in [2.05, 4.69) is 12.2 Å². The van der Waals surface area contributed by atoms with Gasteiger partial charge in [-0.05, 0) is 18.9 Å². The number of carbonyl (C=O) groups excluding carboxylic acids is 1. The van der Waals surface area contributed by atoms with Crippen LogP contribution in [0.1, 0.15) is 18.9 Å². The van der Waals surface area contributed by atoms with Gasteiger partial charge in [-0.25, -0.2) is 4.79 Å².